The summed E-state index contributed by atoms with van der Waals surface area (Å²) in [6.45, 7) is 8.85. The monoisotopic (exact) mass is 395 g/mol. The summed E-state index contributed by atoms with van der Waals surface area (Å²) < 4.78 is 4.91. The molecule has 0 aliphatic heterocycles. The lowest BCUT2D eigenvalue weighted by Gasteiger charge is -2.25. The van der Waals surface area contributed by atoms with Crippen molar-refractivity contribution in [2.75, 3.05) is 5.32 Å². The molecular formula is C19H29N3O4S. The summed E-state index contributed by atoms with van der Waals surface area (Å²) in [5, 5.41) is 8.42. The number of hydrogen-bond acceptors (Lipinski definition) is 6. The number of esters is 1. The van der Waals surface area contributed by atoms with Gasteiger partial charge in [0.1, 0.15) is 12.6 Å². The van der Waals surface area contributed by atoms with Crippen molar-refractivity contribution in [1.82, 2.24) is 10.6 Å². The summed E-state index contributed by atoms with van der Waals surface area (Å²) in [5.74, 6) is -0.860. The van der Waals surface area contributed by atoms with Crippen molar-refractivity contribution < 1.29 is 19.1 Å². The molecule has 0 aliphatic rings. The summed E-state index contributed by atoms with van der Waals surface area (Å²) in [6, 6.07) is 5.81. The van der Waals surface area contributed by atoms with Crippen molar-refractivity contribution in [1.29, 1.82) is 0 Å². The standard InChI is InChI=1S/C19H29N3O4S/c1-11(2)17(21-13(4)27)19(25)20-12(3)18(24)22-16-8-6-15(7-9-16)10-26-14(5)23/h6-9,11-13,17,21,27H,10H2,1-5H3,(H,20,25)(H,22,24)/t12-,13?,17-/m0/s1. The van der Waals surface area contributed by atoms with E-state index >= 15 is 0 Å². The van der Waals surface area contributed by atoms with Crippen LogP contribution in [0.1, 0.15) is 40.2 Å². The molecule has 0 radical (unpaired) electrons. The van der Waals surface area contributed by atoms with Crippen molar-refractivity contribution in [3.05, 3.63) is 29.8 Å². The maximum Gasteiger partial charge on any atom is 0.302 e. The molecule has 0 saturated heterocycles. The van der Waals surface area contributed by atoms with Gasteiger partial charge in [-0.2, -0.15) is 12.6 Å². The third-order valence-electron chi connectivity index (χ3n) is 3.79. The number of amides is 2. The normalized spacial score (nSPS) is 14.2. The average molecular weight is 396 g/mol. The molecule has 150 valence electrons. The molecule has 0 bridgehead atoms. The fraction of sp³-hybridized carbons (Fsp3) is 0.526. The highest BCUT2D eigenvalue weighted by molar-refractivity contribution is 7.80. The van der Waals surface area contributed by atoms with E-state index in [0.29, 0.717) is 5.69 Å². The number of anilines is 1. The molecule has 1 aromatic rings. The first-order chi connectivity index (χ1) is 12.6. The second-order valence-electron chi connectivity index (χ2n) is 6.76. The van der Waals surface area contributed by atoms with E-state index in [1.807, 2.05) is 20.8 Å². The maximum atomic E-state index is 12.4. The lowest BCUT2D eigenvalue weighted by atomic mass is 10.0. The summed E-state index contributed by atoms with van der Waals surface area (Å²) in [5.41, 5.74) is 1.41. The number of rotatable bonds is 9. The average Bonchev–Trinajstić information content (AvgIpc) is 2.58. The van der Waals surface area contributed by atoms with E-state index in [-0.39, 0.29) is 35.7 Å². The van der Waals surface area contributed by atoms with Crippen LogP contribution in [0, 0.1) is 5.92 Å². The van der Waals surface area contributed by atoms with Crippen molar-refractivity contribution in [2.24, 2.45) is 5.92 Å². The third kappa shape index (κ3) is 8.45. The molecule has 3 N–H and O–H groups in total. The first-order valence-electron chi connectivity index (χ1n) is 8.87. The molecule has 0 fully saturated rings. The topological polar surface area (TPSA) is 96.5 Å². The van der Waals surface area contributed by atoms with Crippen LogP contribution in [0.4, 0.5) is 5.69 Å². The first-order valence-corrected chi connectivity index (χ1v) is 9.39. The number of carbonyl (C=O) groups is 3. The van der Waals surface area contributed by atoms with E-state index < -0.39 is 12.1 Å². The number of ether oxygens (including phenoxy) is 1. The Morgan fingerprint density at radius 1 is 1.04 bits per heavy atom. The van der Waals surface area contributed by atoms with Crippen LogP contribution in [0.2, 0.25) is 0 Å². The van der Waals surface area contributed by atoms with Gasteiger partial charge in [-0.15, -0.1) is 0 Å². The van der Waals surface area contributed by atoms with Crippen molar-refractivity contribution >= 4 is 36.1 Å². The lowest BCUT2D eigenvalue weighted by molar-refractivity contribution is -0.142. The van der Waals surface area contributed by atoms with Gasteiger partial charge in [0, 0.05) is 18.0 Å². The van der Waals surface area contributed by atoms with E-state index in [1.165, 1.54) is 6.92 Å². The number of hydrogen-bond donors (Lipinski definition) is 4. The van der Waals surface area contributed by atoms with Crippen LogP contribution in [0.15, 0.2) is 24.3 Å². The van der Waals surface area contributed by atoms with E-state index in [9.17, 15) is 14.4 Å². The predicted molar refractivity (Wildman–Crippen MR) is 108 cm³/mol. The van der Waals surface area contributed by atoms with Gasteiger partial charge in [0.2, 0.25) is 11.8 Å². The van der Waals surface area contributed by atoms with Gasteiger partial charge in [-0.05, 0) is 37.5 Å². The molecular weight excluding hydrogens is 366 g/mol. The van der Waals surface area contributed by atoms with E-state index in [0.717, 1.165) is 5.56 Å². The molecule has 2 amide bonds. The minimum Gasteiger partial charge on any atom is -0.461 e. The van der Waals surface area contributed by atoms with Gasteiger partial charge in [0.05, 0.1) is 6.04 Å². The van der Waals surface area contributed by atoms with Gasteiger partial charge >= 0.3 is 5.97 Å². The molecule has 7 nitrogen and oxygen atoms in total. The first kappa shape index (κ1) is 23.0. The van der Waals surface area contributed by atoms with Crippen LogP contribution in [-0.4, -0.2) is 35.2 Å². The van der Waals surface area contributed by atoms with Crippen LogP contribution >= 0.6 is 12.6 Å². The van der Waals surface area contributed by atoms with Gasteiger partial charge in [0.25, 0.3) is 0 Å². The highest BCUT2D eigenvalue weighted by Gasteiger charge is 2.25. The van der Waals surface area contributed by atoms with Gasteiger partial charge < -0.3 is 15.4 Å². The minimum absolute atomic E-state index is 0.0552. The largest absolute Gasteiger partial charge is 0.461 e. The highest BCUT2D eigenvalue weighted by Crippen LogP contribution is 2.11. The number of benzene rings is 1. The van der Waals surface area contributed by atoms with Crippen molar-refractivity contribution in [3.63, 3.8) is 0 Å². The fourth-order valence-electron chi connectivity index (χ4n) is 2.32. The number of carbonyl (C=O) groups excluding carboxylic acids is 3. The third-order valence-corrected chi connectivity index (χ3v) is 3.93. The molecule has 27 heavy (non-hydrogen) atoms. The summed E-state index contributed by atoms with van der Waals surface area (Å²) in [6.07, 6.45) is 0. The molecule has 0 saturated carbocycles. The summed E-state index contributed by atoms with van der Waals surface area (Å²) >= 11 is 4.26. The Hall–Kier alpha value is -2.06. The zero-order valence-corrected chi connectivity index (χ0v) is 17.3. The second-order valence-corrected chi connectivity index (χ2v) is 7.54. The molecule has 3 atom stereocenters. The SMILES string of the molecule is CC(=O)OCc1ccc(NC(=O)[C@H](C)NC(=O)[C@@H](NC(C)S)C(C)C)cc1. The van der Waals surface area contributed by atoms with Crippen LogP contribution in [0.25, 0.3) is 0 Å². The van der Waals surface area contributed by atoms with Crippen LogP contribution in [0.5, 0.6) is 0 Å². The molecule has 8 heteroatoms. The lowest BCUT2D eigenvalue weighted by Crippen LogP contribution is -2.53. The molecule has 1 rings (SSSR count). The van der Waals surface area contributed by atoms with Crippen LogP contribution in [0.3, 0.4) is 0 Å². The number of nitrogens with one attached hydrogen (secondary N) is 3. The highest BCUT2D eigenvalue weighted by atomic mass is 32.1. The molecule has 0 aromatic heterocycles. The second kappa shape index (κ2) is 10.9. The van der Waals surface area contributed by atoms with E-state index in [1.54, 1.807) is 31.2 Å². The Balaban J connectivity index is 2.60. The fourth-order valence-corrected chi connectivity index (χ4v) is 2.48. The van der Waals surface area contributed by atoms with Gasteiger partial charge in [-0.25, -0.2) is 0 Å². The summed E-state index contributed by atoms with van der Waals surface area (Å²) in [4.78, 5) is 35.6. The van der Waals surface area contributed by atoms with Crippen LogP contribution in [-0.2, 0) is 25.7 Å². The molecule has 1 aromatic carbocycles. The van der Waals surface area contributed by atoms with Gasteiger partial charge in [0.15, 0.2) is 0 Å². The Morgan fingerprint density at radius 3 is 2.11 bits per heavy atom. The Labute approximate surface area is 166 Å². The molecule has 0 aliphatic carbocycles. The maximum absolute atomic E-state index is 12.4. The van der Waals surface area contributed by atoms with Crippen LogP contribution < -0.4 is 16.0 Å². The zero-order valence-electron chi connectivity index (χ0n) is 16.4. The minimum atomic E-state index is -0.698. The quantitative estimate of drug-likeness (QED) is 0.292. The Bertz CT molecular complexity index is 647. The molecule has 0 heterocycles. The van der Waals surface area contributed by atoms with Gasteiger partial charge in [-0.3, -0.25) is 19.7 Å². The van der Waals surface area contributed by atoms with E-state index in [4.69, 9.17) is 4.74 Å². The molecule has 1 unspecified atom stereocenters. The number of thiol groups is 1. The van der Waals surface area contributed by atoms with Gasteiger partial charge in [-0.1, -0.05) is 26.0 Å². The Kier molecular flexibility index (Phi) is 9.31. The van der Waals surface area contributed by atoms with Crippen molar-refractivity contribution in [3.8, 4) is 0 Å². The zero-order chi connectivity index (χ0) is 20.6. The Morgan fingerprint density at radius 2 is 1.63 bits per heavy atom. The van der Waals surface area contributed by atoms with E-state index in [2.05, 4.69) is 28.6 Å². The summed E-state index contributed by atoms with van der Waals surface area (Å²) in [7, 11) is 0. The molecule has 0 spiro atoms. The predicted octanol–water partition coefficient (Wildman–Crippen LogP) is 2.08. The van der Waals surface area contributed by atoms with Crippen molar-refractivity contribution in [2.45, 2.75) is 58.7 Å². The smallest absolute Gasteiger partial charge is 0.302 e.